The van der Waals surface area contributed by atoms with E-state index in [2.05, 4.69) is 0 Å². The molecule has 0 aliphatic carbocycles. The van der Waals surface area contributed by atoms with Crippen molar-refractivity contribution < 1.29 is 18.6 Å². The molecule has 5 heteroatoms. The average Bonchev–Trinajstić information content (AvgIpc) is 2.46. The number of hydrogen-bond acceptors (Lipinski definition) is 4. The van der Waals surface area contributed by atoms with E-state index < -0.39 is 17.2 Å². The van der Waals surface area contributed by atoms with Gasteiger partial charge in [-0.15, -0.1) is 0 Å². The first kappa shape index (κ1) is 13.7. The van der Waals surface area contributed by atoms with Gasteiger partial charge in [0.15, 0.2) is 0 Å². The van der Waals surface area contributed by atoms with Crippen LogP contribution in [0.2, 0.25) is 0 Å². The minimum absolute atomic E-state index is 0.0370. The quantitative estimate of drug-likeness (QED) is 0.868. The summed E-state index contributed by atoms with van der Waals surface area (Å²) < 4.78 is 27.2. The van der Waals surface area contributed by atoms with Gasteiger partial charge in [0.2, 0.25) is 0 Å². The van der Waals surface area contributed by atoms with E-state index in [1.165, 1.54) is 19.2 Å². The van der Waals surface area contributed by atoms with Crippen LogP contribution < -0.4 is 4.74 Å². The van der Waals surface area contributed by atoms with Crippen molar-refractivity contribution in [1.29, 1.82) is 0 Å². The Labute approximate surface area is 114 Å². The standard InChI is InChI=1S/C14H14O4S/c1-18-12-8-7-11(9-13(12)19(16)17)14(15)10-5-3-2-4-6-10/h2-9,14-15H,1H3,(H,16,17)/p-1. The molecular formula is C14H13O4S-. The van der Waals surface area contributed by atoms with E-state index in [4.69, 9.17) is 4.74 Å². The summed E-state index contributed by atoms with van der Waals surface area (Å²) >= 11 is -2.41. The second-order valence-electron chi connectivity index (χ2n) is 3.96. The maximum Gasteiger partial charge on any atom is 0.133 e. The molecular weight excluding hydrogens is 264 g/mol. The van der Waals surface area contributed by atoms with Gasteiger partial charge in [-0.25, -0.2) is 0 Å². The number of aliphatic hydroxyl groups is 1. The smallest absolute Gasteiger partial charge is 0.133 e. The molecule has 0 saturated heterocycles. The van der Waals surface area contributed by atoms with Crippen molar-refractivity contribution >= 4 is 11.1 Å². The van der Waals surface area contributed by atoms with Gasteiger partial charge in [0.05, 0.1) is 12.0 Å². The van der Waals surface area contributed by atoms with Crippen molar-refractivity contribution in [1.82, 2.24) is 0 Å². The van der Waals surface area contributed by atoms with E-state index in [9.17, 15) is 13.9 Å². The van der Waals surface area contributed by atoms with E-state index in [1.54, 1.807) is 18.2 Å². The Balaban J connectivity index is 2.41. The molecule has 2 atom stereocenters. The third kappa shape index (κ3) is 3.01. The molecule has 1 N–H and O–H groups in total. The van der Waals surface area contributed by atoms with Gasteiger partial charge < -0.3 is 14.4 Å². The normalized spacial score (nSPS) is 13.8. The molecule has 0 aliphatic rings. The average molecular weight is 277 g/mol. The summed E-state index contributed by atoms with van der Waals surface area (Å²) in [4.78, 5) is 0.0370. The van der Waals surface area contributed by atoms with Crippen LogP contribution in [0.3, 0.4) is 0 Å². The number of ether oxygens (including phenoxy) is 1. The highest BCUT2D eigenvalue weighted by Crippen LogP contribution is 2.28. The molecule has 0 aromatic heterocycles. The fraction of sp³-hybridized carbons (Fsp3) is 0.143. The Morgan fingerprint density at radius 2 is 1.84 bits per heavy atom. The minimum atomic E-state index is -2.41. The third-order valence-electron chi connectivity index (χ3n) is 2.80. The molecule has 0 radical (unpaired) electrons. The molecule has 0 fully saturated rings. The lowest BCUT2D eigenvalue weighted by Crippen LogP contribution is -2.02. The molecule has 100 valence electrons. The van der Waals surface area contributed by atoms with E-state index in [-0.39, 0.29) is 10.6 Å². The van der Waals surface area contributed by atoms with Crippen LogP contribution in [0.5, 0.6) is 5.75 Å². The maximum absolute atomic E-state index is 11.1. The van der Waals surface area contributed by atoms with E-state index in [0.717, 1.165) is 0 Å². The summed E-state index contributed by atoms with van der Waals surface area (Å²) in [6, 6.07) is 13.6. The number of hydrogen-bond donors (Lipinski definition) is 1. The fourth-order valence-corrected chi connectivity index (χ4v) is 2.37. The maximum atomic E-state index is 11.1. The molecule has 0 bridgehead atoms. The zero-order valence-corrected chi connectivity index (χ0v) is 11.1. The number of benzene rings is 2. The Bertz CT molecular complexity index is 583. The summed E-state index contributed by atoms with van der Waals surface area (Å²) in [6.45, 7) is 0. The SMILES string of the molecule is COc1ccc(C(O)c2ccccc2)cc1S(=O)[O-]. The second kappa shape index (κ2) is 5.97. The summed E-state index contributed by atoms with van der Waals surface area (Å²) in [5.41, 5.74) is 1.21. The first-order valence-corrected chi connectivity index (χ1v) is 6.71. The molecule has 2 aromatic rings. The zero-order chi connectivity index (χ0) is 13.8. The van der Waals surface area contributed by atoms with Gasteiger partial charge >= 0.3 is 0 Å². The van der Waals surface area contributed by atoms with Crippen LogP contribution in [-0.2, 0) is 11.1 Å². The topological polar surface area (TPSA) is 69.6 Å². The largest absolute Gasteiger partial charge is 0.768 e. The second-order valence-corrected chi connectivity index (χ2v) is 4.87. The van der Waals surface area contributed by atoms with Gasteiger partial charge in [0.1, 0.15) is 11.9 Å². The van der Waals surface area contributed by atoms with E-state index in [0.29, 0.717) is 11.1 Å². The van der Waals surface area contributed by atoms with Crippen LogP contribution in [0, 0.1) is 0 Å². The predicted molar refractivity (Wildman–Crippen MR) is 70.7 cm³/mol. The summed E-state index contributed by atoms with van der Waals surface area (Å²) in [5.74, 6) is 0.261. The van der Waals surface area contributed by atoms with Crippen molar-refractivity contribution in [2.24, 2.45) is 0 Å². The van der Waals surface area contributed by atoms with E-state index >= 15 is 0 Å². The Kier molecular flexibility index (Phi) is 4.31. The van der Waals surface area contributed by atoms with Crippen molar-refractivity contribution in [3.05, 3.63) is 59.7 Å². The summed E-state index contributed by atoms with van der Waals surface area (Å²) in [6.07, 6.45) is -0.866. The monoisotopic (exact) mass is 277 g/mol. The Morgan fingerprint density at radius 3 is 2.42 bits per heavy atom. The molecule has 0 heterocycles. The Hall–Kier alpha value is -1.69. The van der Waals surface area contributed by atoms with Gasteiger partial charge in [-0.1, -0.05) is 36.4 Å². The van der Waals surface area contributed by atoms with Crippen LogP contribution >= 0.6 is 0 Å². The molecule has 2 aromatic carbocycles. The van der Waals surface area contributed by atoms with Crippen LogP contribution in [0.15, 0.2) is 53.4 Å². The first-order valence-electron chi connectivity index (χ1n) is 5.63. The first-order chi connectivity index (χ1) is 9.13. The van der Waals surface area contributed by atoms with E-state index in [1.807, 2.05) is 18.2 Å². The van der Waals surface area contributed by atoms with Crippen LogP contribution in [-0.4, -0.2) is 21.0 Å². The van der Waals surface area contributed by atoms with Crippen LogP contribution in [0.25, 0.3) is 0 Å². The number of aliphatic hydroxyl groups excluding tert-OH is 1. The lowest BCUT2D eigenvalue weighted by molar-refractivity contribution is 0.220. The Morgan fingerprint density at radius 1 is 1.16 bits per heavy atom. The minimum Gasteiger partial charge on any atom is -0.768 e. The number of methoxy groups -OCH3 is 1. The summed E-state index contributed by atoms with van der Waals surface area (Å²) in [5, 5.41) is 10.2. The van der Waals surface area contributed by atoms with Crippen LogP contribution in [0.1, 0.15) is 17.2 Å². The van der Waals surface area contributed by atoms with Crippen LogP contribution in [0.4, 0.5) is 0 Å². The van der Waals surface area contributed by atoms with Gasteiger partial charge in [-0.05, 0) is 34.3 Å². The highest BCUT2D eigenvalue weighted by molar-refractivity contribution is 7.79. The van der Waals surface area contributed by atoms with Gasteiger partial charge in [-0.3, -0.25) is 4.21 Å². The van der Waals surface area contributed by atoms with Gasteiger partial charge in [0.25, 0.3) is 0 Å². The molecule has 4 nitrogen and oxygen atoms in total. The molecule has 2 unspecified atom stereocenters. The third-order valence-corrected chi connectivity index (χ3v) is 3.48. The molecule has 0 spiro atoms. The molecule has 19 heavy (non-hydrogen) atoms. The lowest BCUT2D eigenvalue weighted by atomic mass is 10.0. The van der Waals surface area contributed by atoms with Crippen molar-refractivity contribution in [3.63, 3.8) is 0 Å². The molecule has 0 aliphatic heterocycles. The highest BCUT2D eigenvalue weighted by Gasteiger charge is 2.13. The number of rotatable bonds is 4. The zero-order valence-electron chi connectivity index (χ0n) is 10.3. The van der Waals surface area contributed by atoms with Gasteiger partial charge in [-0.2, -0.15) is 0 Å². The van der Waals surface area contributed by atoms with Gasteiger partial charge in [0, 0.05) is 0 Å². The molecule has 2 rings (SSSR count). The van der Waals surface area contributed by atoms with Crippen molar-refractivity contribution in [3.8, 4) is 5.75 Å². The fourth-order valence-electron chi connectivity index (χ4n) is 1.82. The van der Waals surface area contributed by atoms with Crippen molar-refractivity contribution in [2.45, 2.75) is 11.0 Å². The lowest BCUT2D eigenvalue weighted by Gasteiger charge is -2.16. The summed E-state index contributed by atoms with van der Waals surface area (Å²) in [7, 11) is 1.40. The van der Waals surface area contributed by atoms with Crippen molar-refractivity contribution in [2.75, 3.05) is 7.11 Å². The highest BCUT2D eigenvalue weighted by atomic mass is 32.2. The molecule has 0 amide bonds. The predicted octanol–water partition coefficient (Wildman–Crippen LogP) is 2.01. The molecule has 0 saturated carbocycles.